The van der Waals surface area contributed by atoms with Crippen LogP contribution in [0.15, 0.2) is 54.6 Å². The van der Waals surface area contributed by atoms with Crippen molar-refractivity contribution in [2.24, 2.45) is 0 Å². The maximum atomic E-state index is 12.9. The first-order chi connectivity index (χ1) is 13.5. The molecule has 0 unspecified atom stereocenters. The molecule has 2 aromatic carbocycles. The van der Waals surface area contributed by atoms with Crippen LogP contribution in [0.25, 0.3) is 6.08 Å². The summed E-state index contributed by atoms with van der Waals surface area (Å²) in [6.45, 7) is 5.95. The van der Waals surface area contributed by atoms with Crippen LogP contribution in [-0.4, -0.2) is 67.8 Å². The van der Waals surface area contributed by atoms with Gasteiger partial charge in [-0.2, -0.15) is 0 Å². The third kappa shape index (κ3) is 5.61. The number of carbonyl (C=O) groups is 1. The summed E-state index contributed by atoms with van der Waals surface area (Å²) < 4.78 is 0. The lowest BCUT2D eigenvalue weighted by Gasteiger charge is -2.32. The van der Waals surface area contributed by atoms with Gasteiger partial charge in [0.15, 0.2) is 5.78 Å². The first kappa shape index (κ1) is 20.5. The number of allylic oxidation sites excluding steroid dienone is 1. The number of carbonyl (C=O) groups excluding carboxylic acids is 1. The molecule has 3 rings (SSSR count). The SMILES string of the molecule is CN(C)Cc1ccccc1C=CC(=O)c1ccccc1CN1CCN(C)CC1. The predicted molar refractivity (Wildman–Crippen MR) is 116 cm³/mol. The summed E-state index contributed by atoms with van der Waals surface area (Å²) in [5.74, 6) is 0.0735. The fourth-order valence-electron chi connectivity index (χ4n) is 3.58. The molecule has 0 aromatic heterocycles. The molecule has 148 valence electrons. The van der Waals surface area contributed by atoms with Gasteiger partial charge < -0.3 is 9.80 Å². The third-order valence-electron chi connectivity index (χ3n) is 5.23. The molecule has 0 atom stereocenters. The molecule has 0 amide bonds. The normalized spacial score (nSPS) is 16.1. The van der Waals surface area contributed by atoms with Crippen molar-refractivity contribution in [1.82, 2.24) is 14.7 Å². The average Bonchev–Trinajstić information content (AvgIpc) is 2.69. The smallest absolute Gasteiger partial charge is 0.186 e. The van der Waals surface area contributed by atoms with Crippen LogP contribution in [0.1, 0.15) is 27.0 Å². The number of likely N-dealkylation sites (N-methyl/N-ethyl adjacent to an activating group) is 1. The van der Waals surface area contributed by atoms with E-state index in [9.17, 15) is 4.79 Å². The molecule has 2 aromatic rings. The van der Waals surface area contributed by atoms with Crippen molar-refractivity contribution in [2.75, 3.05) is 47.3 Å². The highest BCUT2D eigenvalue weighted by Crippen LogP contribution is 2.17. The minimum atomic E-state index is 0.0735. The topological polar surface area (TPSA) is 26.8 Å². The second kappa shape index (κ2) is 9.78. The van der Waals surface area contributed by atoms with E-state index >= 15 is 0 Å². The number of hydrogen-bond acceptors (Lipinski definition) is 4. The van der Waals surface area contributed by atoms with Crippen LogP contribution in [0.2, 0.25) is 0 Å². The summed E-state index contributed by atoms with van der Waals surface area (Å²) >= 11 is 0. The van der Waals surface area contributed by atoms with E-state index in [1.165, 1.54) is 5.56 Å². The Morgan fingerprint density at radius 1 is 0.964 bits per heavy atom. The Hall–Kier alpha value is -2.27. The van der Waals surface area contributed by atoms with Gasteiger partial charge in [-0.3, -0.25) is 9.69 Å². The lowest BCUT2D eigenvalue weighted by atomic mass is 10.0. The van der Waals surface area contributed by atoms with Crippen molar-refractivity contribution in [3.05, 3.63) is 76.9 Å². The van der Waals surface area contributed by atoms with E-state index in [0.717, 1.165) is 56.0 Å². The van der Waals surface area contributed by atoms with Gasteiger partial charge in [-0.25, -0.2) is 0 Å². The lowest BCUT2D eigenvalue weighted by molar-refractivity contribution is 0.104. The molecule has 0 bridgehead atoms. The summed E-state index contributed by atoms with van der Waals surface area (Å²) in [6, 6.07) is 16.3. The molecule has 1 fully saturated rings. The molecule has 1 aliphatic rings. The average molecular weight is 378 g/mol. The molecule has 28 heavy (non-hydrogen) atoms. The van der Waals surface area contributed by atoms with E-state index in [0.29, 0.717) is 0 Å². The zero-order valence-corrected chi connectivity index (χ0v) is 17.3. The van der Waals surface area contributed by atoms with Crippen molar-refractivity contribution in [1.29, 1.82) is 0 Å². The van der Waals surface area contributed by atoms with Crippen molar-refractivity contribution in [3.63, 3.8) is 0 Å². The molecule has 0 radical (unpaired) electrons. The number of piperazine rings is 1. The van der Waals surface area contributed by atoms with Gasteiger partial charge in [-0.05, 0) is 43.9 Å². The first-order valence-electron chi connectivity index (χ1n) is 9.97. The zero-order chi connectivity index (χ0) is 19.9. The van der Waals surface area contributed by atoms with Gasteiger partial charge >= 0.3 is 0 Å². The largest absolute Gasteiger partial charge is 0.305 e. The van der Waals surface area contributed by atoms with Crippen molar-refractivity contribution >= 4 is 11.9 Å². The van der Waals surface area contributed by atoms with Gasteiger partial charge in [0.2, 0.25) is 0 Å². The molecule has 1 aliphatic heterocycles. The Kier molecular flexibility index (Phi) is 7.15. The van der Waals surface area contributed by atoms with E-state index < -0.39 is 0 Å². The highest BCUT2D eigenvalue weighted by Gasteiger charge is 2.16. The number of nitrogens with zero attached hydrogens (tertiary/aromatic N) is 3. The molecule has 0 N–H and O–H groups in total. The lowest BCUT2D eigenvalue weighted by Crippen LogP contribution is -2.44. The molecule has 1 heterocycles. The fraction of sp³-hybridized carbons (Fsp3) is 0.375. The van der Waals surface area contributed by atoms with Crippen LogP contribution < -0.4 is 0 Å². The second-order valence-electron chi connectivity index (χ2n) is 7.87. The first-order valence-corrected chi connectivity index (χ1v) is 9.97. The predicted octanol–water partition coefficient (Wildman–Crippen LogP) is 3.39. The standard InChI is InChI=1S/C24H31N3O/c1-25(2)18-21-9-5-4-8-20(21)12-13-24(28)23-11-7-6-10-22(23)19-27-16-14-26(3)15-17-27/h4-13H,14-19H2,1-3H3. The number of ketones is 1. The molecule has 4 nitrogen and oxygen atoms in total. The molecular formula is C24H31N3O. The minimum absolute atomic E-state index is 0.0735. The Morgan fingerprint density at radius 2 is 1.61 bits per heavy atom. The van der Waals surface area contributed by atoms with Gasteiger partial charge in [-0.1, -0.05) is 54.6 Å². The van der Waals surface area contributed by atoms with E-state index in [2.05, 4.69) is 54.0 Å². The maximum absolute atomic E-state index is 12.9. The Bertz CT molecular complexity index is 820. The monoisotopic (exact) mass is 377 g/mol. The Labute approximate surface area is 169 Å². The van der Waals surface area contributed by atoms with Crippen LogP contribution in [0.5, 0.6) is 0 Å². The van der Waals surface area contributed by atoms with Crippen LogP contribution >= 0.6 is 0 Å². The van der Waals surface area contributed by atoms with Gasteiger partial charge in [0, 0.05) is 44.8 Å². The summed E-state index contributed by atoms with van der Waals surface area (Å²) in [6.07, 6.45) is 3.67. The summed E-state index contributed by atoms with van der Waals surface area (Å²) in [5, 5.41) is 0. The number of benzene rings is 2. The van der Waals surface area contributed by atoms with Crippen LogP contribution in [0, 0.1) is 0 Å². The van der Waals surface area contributed by atoms with Gasteiger partial charge in [0.25, 0.3) is 0 Å². The zero-order valence-electron chi connectivity index (χ0n) is 17.3. The quantitative estimate of drug-likeness (QED) is 0.546. The molecule has 0 saturated carbocycles. The minimum Gasteiger partial charge on any atom is -0.305 e. The van der Waals surface area contributed by atoms with Crippen molar-refractivity contribution < 1.29 is 4.79 Å². The molecular weight excluding hydrogens is 346 g/mol. The second-order valence-corrected chi connectivity index (χ2v) is 7.87. The van der Waals surface area contributed by atoms with Crippen molar-refractivity contribution in [3.8, 4) is 0 Å². The highest BCUT2D eigenvalue weighted by molar-refractivity contribution is 6.07. The molecule has 4 heteroatoms. The van der Waals surface area contributed by atoms with Gasteiger partial charge in [-0.15, -0.1) is 0 Å². The van der Waals surface area contributed by atoms with Crippen LogP contribution in [0.3, 0.4) is 0 Å². The van der Waals surface area contributed by atoms with Gasteiger partial charge in [0.05, 0.1) is 0 Å². The van der Waals surface area contributed by atoms with Gasteiger partial charge in [0.1, 0.15) is 0 Å². The number of rotatable bonds is 7. The third-order valence-corrected chi connectivity index (χ3v) is 5.23. The fourth-order valence-corrected chi connectivity index (χ4v) is 3.58. The number of hydrogen-bond donors (Lipinski definition) is 0. The highest BCUT2D eigenvalue weighted by atomic mass is 16.1. The summed E-state index contributed by atoms with van der Waals surface area (Å²) in [5.41, 5.74) is 4.24. The summed E-state index contributed by atoms with van der Waals surface area (Å²) in [4.78, 5) is 19.9. The molecule has 1 saturated heterocycles. The Balaban J connectivity index is 1.74. The summed E-state index contributed by atoms with van der Waals surface area (Å²) in [7, 11) is 6.27. The Morgan fingerprint density at radius 3 is 2.32 bits per heavy atom. The van der Waals surface area contributed by atoms with Crippen LogP contribution in [-0.2, 0) is 13.1 Å². The maximum Gasteiger partial charge on any atom is 0.186 e. The van der Waals surface area contributed by atoms with Crippen LogP contribution in [0.4, 0.5) is 0 Å². The molecule has 0 spiro atoms. The van der Waals surface area contributed by atoms with E-state index in [4.69, 9.17) is 0 Å². The van der Waals surface area contributed by atoms with E-state index in [1.807, 2.05) is 36.4 Å². The van der Waals surface area contributed by atoms with Crippen molar-refractivity contribution in [2.45, 2.75) is 13.1 Å². The van der Waals surface area contributed by atoms with E-state index in [-0.39, 0.29) is 5.78 Å². The molecule has 0 aliphatic carbocycles. The van der Waals surface area contributed by atoms with E-state index in [1.54, 1.807) is 6.08 Å².